The predicted octanol–water partition coefficient (Wildman–Crippen LogP) is 6.57. The summed E-state index contributed by atoms with van der Waals surface area (Å²) in [6, 6.07) is 0. The van der Waals surface area contributed by atoms with Crippen molar-refractivity contribution in [2.45, 2.75) is 78.1 Å². The second-order valence-corrected chi connectivity index (χ2v) is 7.81. The molecule has 1 aromatic heterocycles. The quantitative estimate of drug-likeness (QED) is 0.323. The molecule has 20 heavy (non-hydrogen) atoms. The Morgan fingerprint density at radius 2 is 1.45 bits per heavy atom. The Hall–Kier alpha value is -0.150. The monoisotopic (exact) mass is 358 g/mol. The van der Waals surface area contributed by atoms with E-state index >= 15 is 0 Å². The van der Waals surface area contributed by atoms with Crippen LogP contribution in [0.5, 0.6) is 0 Å². The van der Waals surface area contributed by atoms with Gasteiger partial charge in [0.25, 0.3) is 0 Å². The molecule has 3 heteroatoms. The minimum Gasteiger partial charge on any atom is -0.297 e. The van der Waals surface area contributed by atoms with Crippen LogP contribution in [0.25, 0.3) is 0 Å². The van der Waals surface area contributed by atoms with E-state index in [4.69, 9.17) is 0 Å². The van der Waals surface area contributed by atoms with Gasteiger partial charge >= 0.3 is 0 Å². The highest BCUT2D eigenvalue weighted by molar-refractivity contribution is 9.11. The summed E-state index contributed by atoms with van der Waals surface area (Å²) in [5.41, 5.74) is 2.73. The molecule has 0 spiro atoms. The number of halogens is 1. The first-order chi connectivity index (χ1) is 9.74. The van der Waals surface area contributed by atoms with E-state index in [1.54, 1.807) is 11.3 Å². The van der Waals surface area contributed by atoms with Gasteiger partial charge < -0.3 is 0 Å². The second-order valence-electron chi connectivity index (χ2n) is 5.44. The zero-order valence-corrected chi connectivity index (χ0v) is 15.2. The molecule has 1 rings (SSSR count). The van der Waals surface area contributed by atoms with Crippen LogP contribution in [0.4, 0.5) is 0 Å². The molecule has 1 heterocycles. The first-order valence-electron chi connectivity index (χ1n) is 7.99. The highest BCUT2D eigenvalue weighted by Gasteiger charge is 2.15. The average molecular weight is 359 g/mol. The topological polar surface area (TPSA) is 17.1 Å². The Morgan fingerprint density at radius 1 is 0.900 bits per heavy atom. The van der Waals surface area contributed by atoms with Gasteiger partial charge in [0.2, 0.25) is 0 Å². The molecule has 0 aliphatic rings. The summed E-state index contributed by atoms with van der Waals surface area (Å²) in [6.45, 7) is 4.47. The van der Waals surface area contributed by atoms with E-state index in [9.17, 15) is 4.79 Å². The highest BCUT2D eigenvalue weighted by atomic mass is 79.9. The van der Waals surface area contributed by atoms with E-state index in [0.29, 0.717) is 0 Å². The number of hydrogen-bond donors (Lipinski definition) is 0. The molecule has 1 nitrogen and oxygen atoms in total. The van der Waals surface area contributed by atoms with Crippen molar-refractivity contribution in [1.82, 2.24) is 0 Å². The molecular formula is C17H27BrOS. The third-order valence-electron chi connectivity index (χ3n) is 3.77. The minimum atomic E-state index is 0.943. The first-order valence-corrected chi connectivity index (χ1v) is 9.60. The molecule has 0 saturated heterocycles. The number of unbranched alkanes of at least 4 members (excludes halogenated alkanes) is 6. The molecule has 114 valence electrons. The van der Waals surface area contributed by atoms with Crippen LogP contribution in [0.1, 0.15) is 86.0 Å². The predicted molar refractivity (Wildman–Crippen MR) is 93.1 cm³/mol. The van der Waals surface area contributed by atoms with Crippen LogP contribution in [-0.4, -0.2) is 6.29 Å². The second kappa shape index (κ2) is 10.6. The summed E-state index contributed by atoms with van der Waals surface area (Å²) < 4.78 is 1.18. The van der Waals surface area contributed by atoms with Crippen molar-refractivity contribution in [3.05, 3.63) is 19.8 Å². The molecule has 0 unspecified atom stereocenters. The SMILES string of the molecule is CCCCCCc1c(Br)sc(C=O)c1CCCCCC. The molecule has 0 N–H and O–H groups in total. The number of aldehydes is 1. The Morgan fingerprint density at radius 3 is 1.95 bits per heavy atom. The van der Waals surface area contributed by atoms with Crippen LogP contribution in [0.15, 0.2) is 3.79 Å². The van der Waals surface area contributed by atoms with Gasteiger partial charge in [0.05, 0.1) is 8.66 Å². The lowest BCUT2D eigenvalue weighted by Crippen LogP contribution is -1.95. The molecule has 1 aromatic rings. The van der Waals surface area contributed by atoms with Gasteiger partial charge in [0, 0.05) is 0 Å². The largest absolute Gasteiger partial charge is 0.297 e. The van der Waals surface area contributed by atoms with E-state index < -0.39 is 0 Å². The van der Waals surface area contributed by atoms with Gasteiger partial charge in [-0.3, -0.25) is 4.79 Å². The fraction of sp³-hybridized carbons (Fsp3) is 0.706. The van der Waals surface area contributed by atoms with Gasteiger partial charge in [-0.05, 0) is 52.7 Å². The Labute approximate surface area is 136 Å². The molecule has 0 atom stereocenters. The Bertz CT molecular complexity index is 398. The van der Waals surface area contributed by atoms with E-state index in [1.165, 1.54) is 66.3 Å². The van der Waals surface area contributed by atoms with Crippen molar-refractivity contribution in [2.75, 3.05) is 0 Å². The van der Waals surface area contributed by atoms with Gasteiger partial charge in [-0.25, -0.2) is 0 Å². The molecule has 0 saturated carbocycles. The van der Waals surface area contributed by atoms with E-state index in [1.807, 2.05) is 0 Å². The Balaban J connectivity index is 2.64. The lowest BCUT2D eigenvalue weighted by Gasteiger charge is -2.06. The lowest BCUT2D eigenvalue weighted by molar-refractivity contribution is 0.112. The maximum absolute atomic E-state index is 11.2. The Kier molecular flexibility index (Phi) is 9.45. The molecule has 0 aliphatic heterocycles. The normalized spacial score (nSPS) is 10.9. The molecule has 0 radical (unpaired) electrons. The standard InChI is InChI=1S/C17H27BrOS/c1-3-5-7-9-11-14-15(12-10-8-6-4-2)17(18)20-16(14)13-19/h13H,3-12H2,1-2H3. The summed E-state index contributed by atoms with van der Waals surface area (Å²) in [6.07, 6.45) is 13.4. The third-order valence-corrected chi connectivity index (χ3v) is 5.72. The molecule has 0 aliphatic carbocycles. The summed E-state index contributed by atoms with van der Waals surface area (Å²) >= 11 is 5.28. The van der Waals surface area contributed by atoms with E-state index in [-0.39, 0.29) is 0 Å². The van der Waals surface area contributed by atoms with Crippen LogP contribution in [0, 0.1) is 0 Å². The maximum Gasteiger partial charge on any atom is 0.160 e. The van der Waals surface area contributed by atoms with Crippen molar-refractivity contribution < 1.29 is 4.79 Å². The van der Waals surface area contributed by atoms with Crippen molar-refractivity contribution in [3.63, 3.8) is 0 Å². The maximum atomic E-state index is 11.2. The smallest absolute Gasteiger partial charge is 0.160 e. The molecular weight excluding hydrogens is 332 g/mol. The summed E-state index contributed by atoms with van der Waals surface area (Å²) in [5, 5.41) is 0. The number of carbonyl (C=O) groups excluding carboxylic acids is 1. The minimum absolute atomic E-state index is 0.943. The lowest BCUT2D eigenvalue weighted by atomic mass is 9.99. The molecule has 0 fully saturated rings. The van der Waals surface area contributed by atoms with Crippen LogP contribution in [0.3, 0.4) is 0 Å². The van der Waals surface area contributed by atoms with Crippen LogP contribution in [0.2, 0.25) is 0 Å². The van der Waals surface area contributed by atoms with Crippen LogP contribution >= 0.6 is 27.3 Å². The van der Waals surface area contributed by atoms with Crippen molar-refractivity contribution in [3.8, 4) is 0 Å². The molecule has 0 aromatic carbocycles. The molecule has 0 bridgehead atoms. The average Bonchev–Trinajstić information content (AvgIpc) is 2.76. The molecule has 0 amide bonds. The number of carbonyl (C=O) groups is 1. The first kappa shape index (κ1) is 17.9. The zero-order chi connectivity index (χ0) is 14.8. The number of thiophene rings is 1. The van der Waals surface area contributed by atoms with Crippen molar-refractivity contribution in [1.29, 1.82) is 0 Å². The fourth-order valence-corrected chi connectivity index (χ4v) is 4.46. The van der Waals surface area contributed by atoms with Gasteiger partial charge in [0.1, 0.15) is 0 Å². The van der Waals surface area contributed by atoms with Gasteiger partial charge in [-0.15, -0.1) is 11.3 Å². The van der Waals surface area contributed by atoms with Crippen LogP contribution in [-0.2, 0) is 12.8 Å². The van der Waals surface area contributed by atoms with E-state index in [2.05, 4.69) is 29.8 Å². The van der Waals surface area contributed by atoms with Gasteiger partial charge in [-0.2, -0.15) is 0 Å². The summed E-state index contributed by atoms with van der Waals surface area (Å²) in [7, 11) is 0. The van der Waals surface area contributed by atoms with Crippen molar-refractivity contribution >= 4 is 33.6 Å². The summed E-state index contributed by atoms with van der Waals surface area (Å²) in [4.78, 5) is 12.2. The third kappa shape index (κ3) is 5.69. The number of hydrogen-bond acceptors (Lipinski definition) is 2. The highest BCUT2D eigenvalue weighted by Crippen LogP contribution is 2.34. The van der Waals surface area contributed by atoms with Gasteiger partial charge in [0.15, 0.2) is 6.29 Å². The number of rotatable bonds is 11. The fourth-order valence-electron chi connectivity index (χ4n) is 2.56. The zero-order valence-electron chi connectivity index (χ0n) is 12.8. The van der Waals surface area contributed by atoms with Crippen molar-refractivity contribution in [2.24, 2.45) is 0 Å². The summed E-state index contributed by atoms with van der Waals surface area (Å²) in [5.74, 6) is 0. The van der Waals surface area contributed by atoms with E-state index in [0.717, 1.165) is 24.0 Å². The van der Waals surface area contributed by atoms with Gasteiger partial charge in [-0.1, -0.05) is 52.4 Å². The van der Waals surface area contributed by atoms with Crippen LogP contribution < -0.4 is 0 Å².